The van der Waals surface area contributed by atoms with Gasteiger partial charge in [-0.25, -0.2) is 9.59 Å². The minimum absolute atomic E-state index is 0.00988. The Hall–Kier alpha value is -7.54. The molecule has 2 aromatic carbocycles. The molecular weight excluding hydrogens is 1500 g/mol. The normalized spacial score (nSPS) is 38.7. The van der Waals surface area contributed by atoms with E-state index >= 15 is 4.79 Å². The van der Waals surface area contributed by atoms with Gasteiger partial charge >= 0.3 is 23.9 Å². The number of cyclic esters (lactones) is 1. The van der Waals surface area contributed by atoms with Crippen molar-refractivity contribution in [3.05, 3.63) is 107 Å². The third-order valence-electron chi connectivity index (χ3n) is 28.4. The number of amides is 2. The number of rotatable bonds is 15. The molecule has 4 saturated heterocycles. The molecule has 2 saturated carbocycles. The van der Waals surface area contributed by atoms with Crippen LogP contribution in [0.1, 0.15) is 181 Å². The summed E-state index contributed by atoms with van der Waals surface area (Å²) in [5.41, 5.74) is -1.54. The Morgan fingerprint density at radius 1 is 0.803 bits per heavy atom. The summed E-state index contributed by atoms with van der Waals surface area (Å²) < 4.78 is 53.4. The first-order chi connectivity index (χ1) is 55.7. The number of nitrogens with zero attached hydrogens (tertiary/aromatic N) is 4. The van der Waals surface area contributed by atoms with Crippen LogP contribution in [-0.2, 0) is 93.5 Å². The molecule has 642 valence electrons. The van der Waals surface area contributed by atoms with Crippen molar-refractivity contribution < 1.29 is 107 Å². The lowest BCUT2D eigenvalue weighted by Crippen LogP contribution is -2.81. The number of nitrogens with one attached hydrogen (secondary N) is 1. The molecule has 1 aromatic heterocycles. The number of carbonyl (C=O) groups excluding carboxylic acids is 8. The van der Waals surface area contributed by atoms with Crippen molar-refractivity contribution in [3.63, 3.8) is 0 Å². The Labute approximate surface area is 687 Å². The molecule has 2 amide bonds. The predicted molar refractivity (Wildman–Crippen MR) is 433 cm³/mol. The number of Topliss-reactive ketones (excluding diaryl/α,β-unsaturated/α-hetero) is 2. The minimum atomic E-state index is -2.53. The lowest BCUT2D eigenvalue weighted by Gasteiger charge is -2.63. The lowest BCUT2D eigenvalue weighted by molar-refractivity contribution is -0.302. The highest BCUT2D eigenvalue weighted by atomic mass is 16.7. The summed E-state index contributed by atoms with van der Waals surface area (Å²) in [5, 5.41) is 60.4. The molecule has 3 aromatic rings. The Kier molecular flexibility index (Phi) is 27.0. The Balaban J connectivity index is 0.000000216. The highest BCUT2D eigenvalue weighted by molar-refractivity contribution is 6.39. The van der Waals surface area contributed by atoms with E-state index in [-0.39, 0.29) is 61.9 Å². The summed E-state index contributed by atoms with van der Waals surface area (Å²) in [7, 11) is 8.70. The third kappa shape index (κ3) is 15.9. The fraction of sp³-hybridized carbons (Fsp3) is 0.667. The zero-order valence-electron chi connectivity index (χ0n) is 70.7. The number of aliphatic hydroxyl groups excluding tert-OH is 2. The molecule has 9 heterocycles. The maximum Gasteiger partial charge on any atom is 0.344 e. The van der Waals surface area contributed by atoms with Crippen molar-refractivity contribution in [3.8, 4) is 5.75 Å². The molecule has 13 rings (SSSR count). The second kappa shape index (κ2) is 35.6. The van der Waals surface area contributed by atoms with Crippen LogP contribution in [0.15, 0.2) is 84.5 Å². The van der Waals surface area contributed by atoms with Crippen molar-refractivity contribution in [2.75, 3.05) is 86.8 Å². The topological polar surface area (TPSA) is 350 Å². The molecule has 0 radical (unpaired) electrons. The molecule has 2 aliphatic carbocycles. The molecule has 117 heavy (non-hydrogen) atoms. The van der Waals surface area contributed by atoms with Crippen LogP contribution in [0, 0.1) is 40.9 Å². The first-order valence-corrected chi connectivity index (χ1v) is 42.1. The smallest absolute Gasteiger partial charge is 0.344 e. The van der Waals surface area contributed by atoms with E-state index in [9.17, 15) is 59.1 Å². The number of methoxy groups -OCH3 is 6. The summed E-state index contributed by atoms with van der Waals surface area (Å²) in [5.74, 6) is -9.82. The number of fused-ring (bicyclic) bond motifs is 9. The van der Waals surface area contributed by atoms with E-state index in [2.05, 4.69) is 27.4 Å². The zero-order chi connectivity index (χ0) is 84.8. The van der Waals surface area contributed by atoms with Crippen molar-refractivity contribution >= 4 is 64.4 Å². The van der Waals surface area contributed by atoms with Crippen LogP contribution < -0.4 is 9.64 Å². The first kappa shape index (κ1) is 88.7. The standard InChI is InChI=1S/C46H56N4O10.C44H69NO12/c1-7-42(55)22-28-23-45(40(53)58-5,36-30(14-18-48(24-28)25-42)29-12-9-10-13-33(29)47-36)32-20-31-34(21-35(32)57-4)50(26-51)38-44(31)16-19-49-17-11-15-43(8-2,37(44)49)39(60-27(3)52)46(38,56)41(54)59-6;1-10-13-31-19-25(2)18-26(3)20-37(54-8)40-38(55-9)22-28(5)44(52,57-40)41(49)42(50)45-17-12-11-14-32(45)43(51)56-39(29(6)34(47)24-35(31)48)27(4)21-30-15-16-33(46)36(23-30)53-7/h9-13,15,20-21,26,28,37-39,47,55-56H,7-8,14,16-19,22-25H2,1-6H3;10,19,21,26,28-34,36-40,46-47,52H,1,11-18,20,22-24H2,2-9H3/b;25-19+,27-21+/t28-,37+,38-,39-,42+,43-,44-,45+,46+;26-,28+,29+,30-,31+,32-,33+,34-,36+,37-,38-,39+,40+,44+/m10/s1. The summed E-state index contributed by atoms with van der Waals surface area (Å²) >= 11 is 0. The van der Waals surface area contributed by atoms with Gasteiger partial charge in [0, 0.05) is 130 Å². The largest absolute Gasteiger partial charge is 0.496 e. The van der Waals surface area contributed by atoms with Crippen LogP contribution in [0.4, 0.5) is 5.69 Å². The summed E-state index contributed by atoms with van der Waals surface area (Å²) in [6.45, 7) is 21.3. The van der Waals surface area contributed by atoms with Crippen molar-refractivity contribution in [1.29, 1.82) is 0 Å². The first-order valence-electron chi connectivity index (χ1n) is 42.1. The Morgan fingerprint density at radius 3 is 2.19 bits per heavy atom. The quantitative estimate of drug-likeness (QED) is 0.0275. The maximum atomic E-state index is 15.3. The molecule has 27 nitrogen and oxygen atoms in total. The van der Waals surface area contributed by atoms with E-state index in [0.717, 1.165) is 22.0 Å². The van der Waals surface area contributed by atoms with Gasteiger partial charge in [0.1, 0.15) is 35.2 Å². The number of aromatic amines is 1. The van der Waals surface area contributed by atoms with Crippen molar-refractivity contribution in [2.24, 2.45) is 40.9 Å². The van der Waals surface area contributed by atoms with Gasteiger partial charge in [-0.15, -0.1) is 6.58 Å². The molecule has 24 atom stereocenters. The van der Waals surface area contributed by atoms with E-state index in [1.807, 2.05) is 83.2 Å². The van der Waals surface area contributed by atoms with Gasteiger partial charge < -0.3 is 82.9 Å². The van der Waals surface area contributed by atoms with Crippen molar-refractivity contribution in [2.45, 2.75) is 259 Å². The number of aliphatic hydroxyl groups is 5. The summed E-state index contributed by atoms with van der Waals surface area (Å²) in [6, 6.07) is 8.83. The molecule has 4 bridgehead atoms. The van der Waals surface area contributed by atoms with Crippen LogP contribution in [0.3, 0.4) is 0 Å². The lowest BCUT2D eigenvalue weighted by atomic mass is 9.47. The van der Waals surface area contributed by atoms with Gasteiger partial charge in [-0.3, -0.25) is 38.6 Å². The number of esters is 4. The number of anilines is 1. The van der Waals surface area contributed by atoms with Crippen LogP contribution >= 0.6 is 0 Å². The van der Waals surface area contributed by atoms with E-state index < -0.39 is 147 Å². The average molecular weight is 1630 g/mol. The number of ether oxygens (including phenoxy) is 9. The van der Waals surface area contributed by atoms with Gasteiger partial charge in [0.15, 0.2) is 6.10 Å². The zero-order valence-corrected chi connectivity index (χ0v) is 70.7. The highest BCUT2D eigenvalue weighted by Crippen LogP contribution is 2.69. The van der Waals surface area contributed by atoms with Gasteiger partial charge in [-0.05, 0) is 170 Å². The number of carbonyl (C=O) groups is 8. The molecule has 1 spiro atoms. The second-order valence-electron chi connectivity index (χ2n) is 35.4. The monoisotopic (exact) mass is 1630 g/mol. The molecule has 8 aliphatic heterocycles. The van der Waals surface area contributed by atoms with Gasteiger partial charge in [-0.1, -0.05) is 88.8 Å². The Bertz CT molecular complexity index is 4310. The van der Waals surface area contributed by atoms with E-state index in [1.54, 1.807) is 33.1 Å². The fourth-order valence-electron chi connectivity index (χ4n) is 22.8. The molecule has 1 unspecified atom stereocenters. The number of hydrogen-bond donors (Lipinski definition) is 6. The second-order valence-corrected chi connectivity index (χ2v) is 35.4. The number of hydrogen-bond acceptors (Lipinski definition) is 24. The maximum absolute atomic E-state index is 15.3. The summed E-state index contributed by atoms with van der Waals surface area (Å²) in [6.07, 6.45) is 10.8. The predicted octanol–water partition coefficient (Wildman–Crippen LogP) is 8.16. The SMILES string of the molecule is C=CC[C@@H]1/C=C(\C)C[C@H](C)C[C@H](OC)[C@H]2O[C@@](O)(C(=O)C(=O)N3CCCC[C@H]3C(=O)O[C@H](/C(C)=C/[C@@H]3CC[C@@H](O)[C@H](OC)C3)[C@H](C)[C@@H](O)CC1=O)[C@H](C)C[C@@H]2OC.CC[C@]1(O)C[C@H]2CN(CCc3c([nH]c4ccccc34)[C@@](C(=O)OC)(c3cc4c(cc3OC)N(C=O)[C@H]3[C@@](O)(C(=O)OC)[C@H](OC(C)=O)[C@]5(CC)C=CCN6CC[C@]43[C@@H]65)C2)C1. The van der Waals surface area contributed by atoms with Crippen molar-refractivity contribution in [1.82, 2.24) is 19.7 Å². The van der Waals surface area contributed by atoms with Crippen LogP contribution in [-0.4, -0.2) is 259 Å². The molecule has 6 N–H and O–H groups in total. The number of aromatic nitrogens is 1. The minimum Gasteiger partial charge on any atom is -0.496 e. The number of ketones is 2. The number of para-hydroxylation sites is 1. The molecule has 10 aliphatic rings. The Morgan fingerprint density at radius 2 is 1.52 bits per heavy atom. The van der Waals surface area contributed by atoms with Gasteiger partial charge in [-0.2, -0.15) is 0 Å². The van der Waals surface area contributed by atoms with E-state index in [4.69, 9.17) is 42.6 Å². The van der Waals surface area contributed by atoms with Crippen LogP contribution in [0.25, 0.3) is 10.9 Å². The molecular formula is C90H125N5O22. The van der Waals surface area contributed by atoms with Crippen LogP contribution in [0.5, 0.6) is 5.75 Å². The van der Waals surface area contributed by atoms with Gasteiger partial charge in [0.25, 0.3) is 11.7 Å². The number of allylic oxidation sites excluding steroid dienone is 4. The van der Waals surface area contributed by atoms with Gasteiger partial charge in [0.2, 0.25) is 17.8 Å². The van der Waals surface area contributed by atoms with E-state index in [0.29, 0.717) is 156 Å². The summed E-state index contributed by atoms with van der Waals surface area (Å²) in [4.78, 5) is 124. The average Bonchev–Trinajstić information content (AvgIpc) is 1.48. The number of piperidine rings is 2. The third-order valence-corrected chi connectivity index (χ3v) is 28.4. The number of H-pyrrole nitrogens is 1. The van der Waals surface area contributed by atoms with Crippen LogP contribution in [0.2, 0.25) is 0 Å². The van der Waals surface area contributed by atoms with Gasteiger partial charge in [0.05, 0.1) is 69.2 Å². The highest BCUT2D eigenvalue weighted by Gasteiger charge is 2.81. The molecule has 6 fully saturated rings. The van der Waals surface area contributed by atoms with E-state index in [1.165, 1.54) is 52.3 Å². The fourth-order valence-corrected chi connectivity index (χ4v) is 22.8. The number of benzene rings is 2. The molecule has 27 heteroatoms.